The van der Waals surface area contributed by atoms with Crippen LogP contribution >= 0.6 is 0 Å². The molecule has 2 N–H and O–H groups in total. The maximum atomic E-state index is 7.08. The summed E-state index contributed by atoms with van der Waals surface area (Å²) in [4.78, 5) is 0. The molecule has 0 aromatic heterocycles. The van der Waals surface area contributed by atoms with Gasteiger partial charge in [0.05, 0.1) is 6.61 Å². The second-order valence-corrected chi connectivity index (χ2v) is 13.8. The lowest BCUT2D eigenvalue weighted by Gasteiger charge is -2.43. The molecule has 3 heteroatoms. The third kappa shape index (κ3) is 4.23. The van der Waals surface area contributed by atoms with E-state index in [1.165, 1.54) is 21.5 Å². The molecule has 0 unspecified atom stereocenters. The Balaban J connectivity index is 2.11. The van der Waals surface area contributed by atoms with Gasteiger partial charge >= 0.3 is 0 Å². The summed E-state index contributed by atoms with van der Waals surface area (Å²) in [6, 6.07) is 26.0. The fourth-order valence-electron chi connectivity index (χ4n) is 4.42. The molecule has 3 aromatic rings. The first kappa shape index (κ1) is 22.3. The molecule has 0 heterocycles. The van der Waals surface area contributed by atoms with Crippen molar-refractivity contribution >= 4 is 24.4 Å². The molecule has 30 heavy (non-hydrogen) atoms. The van der Waals surface area contributed by atoms with E-state index in [0.29, 0.717) is 12.5 Å². The maximum Gasteiger partial charge on any atom is 0.261 e. The molecule has 3 rings (SSSR count). The highest BCUT2D eigenvalue weighted by atomic mass is 28.4. The monoisotopic (exact) mass is 417 g/mol. The Morgan fingerprint density at radius 3 is 1.80 bits per heavy atom. The lowest BCUT2D eigenvalue weighted by Crippen LogP contribution is -2.66. The summed E-state index contributed by atoms with van der Waals surface area (Å²) in [5.41, 5.74) is 10.8. The van der Waals surface area contributed by atoms with Crippen molar-refractivity contribution in [2.45, 2.75) is 59.1 Å². The molecular formula is C27H35NOSi. The molecule has 0 fully saturated rings. The van der Waals surface area contributed by atoms with Crippen molar-refractivity contribution in [3.05, 3.63) is 89.5 Å². The van der Waals surface area contributed by atoms with E-state index in [-0.39, 0.29) is 5.04 Å². The molecule has 0 bridgehead atoms. The van der Waals surface area contributed by atoms with Crippen LogP contribution in [0.2, 0.25) is 5.04 Å². The highest BCUT2D eigenvalue weighted by molar-refractivity contribution is 6.99. The molecule has 3 aromatic carbocycles. The summed E-state index contributed by atoms with van der Waals surface area (Å²) < 4.78 is 7.08. The summed E-state index contributed by atoms with van der Waals surface area (Å²) in [6.07, 6.45) is 0. The maximum absolute atomic E-state index is 7.08. The first-order valence-corrected chi connectivity index (χ1v) is 12.7. The van der Waals surface area contributed by atoms with Crippen LogP contribution in [0.4, 0.5) is 5.69 Å². The average molecular weight is 418 g/mol. The van der Waals surface area contributed by atoms with Gasteiger partial charge in [0.25, 0.3) is 8.32 Å². The first-order valence-electron chi connectivity index (χ1n) is 10.8. The SMILES string of the molecule is Cc1cc(CO[Si](c2ccccc2)(c2ccccc2)C(C)(C)C)cc(C(C)C)c1N. The third-order valence-corrected chi connectivity index (χ3v) is 11.0. The Hall–Kier alpha value is -2.36. The van der Waals surface area contributed by atoms with Gasteiger partial charge in [-0.1, -0.05) is 107 Å². The topological polar surface area (TPSA) is 35.2 Å². The molecule has 0 aliphatic carbocycles. The average Bonchev–Trinajstić information content (AvgIpc) is 2.71. The normalized spacial score (nSPS) is 12.4. The minimum absolute atomic E-state index is 0.0283. The number of aryl methyl sites for hydroxylation is 1. The summed E-state index contributed by atoms with van der Waals surface area (Å²) in [5.74, 6) is 0.386. The number of hydrogen-bond donors (Lipinski definition) is 1. The summed E-state index contributed by atoms with van der Waals surface area (Å²) >= 11 is 0. The van der Waals surface area contributed by atoms with Crippen LogP contribution in [0.5, 0.6) is 0 Å². The van der Waals surface area contributed by atoms with Crippen LogP contribution in [-0.2, 0) is 11.0 Å². The van der Waals surface area contributed by atoms with Gasteiger partial charge < -0.3 is 10.2 Å². The lowest BCUT2D eigenvalue weighted by atomic mass is 9.96. The molecule has 0 saturated heterocycles. The Labute approximate surface area is 183 Å². The van der Waals surface area contributed by atoms with Gasteiger partial charge in [-0.25, -0.2) is 0 Å². The Morgan fingerprint density at radius 2 is 1.37 bits per heavy atom. The zero-order valence-corrected chi connectivity index (χ0v) is 20.2. The number of hydrogen-bond acceptors (Lipinski definition) is 2. The Kier molecular flexibility index (Phi) is 6.54. The van der Waals surface area contributed by atoms with Gasteiger partial charge in [0, 0.05) is 5.69 Å². The molecule has 158 valence electrons. The zero-order chi connectivity index (χ0) is 21.9. The largest absolute Gasteiger partial charge is 0.403 e. The fourth-order valence-corrected chi connectivity index (χ4v) is 8.96. The standard InChI is InChI=1S/C27H35NOSi/c1-20(2)25-18-22(17-21(3)26(25)28)19-29-30(27(4,5)6,23-13-9-7-10-14-23)24-15-11-8-12-16-24/h7-18,20H,19,28H2,1-6H3. The summed E-state index contributed by atoms with van der Waals surface area (Å²) in [6.45, 7) is 14.0. The van der Waals surface area contributed by atoms with E-state index in [1.54, 1.807) is 0 Å². The van der Waals surface area contributed by atoms with Crippen molar-refractivity contribution in [2.24, 2.45) is 0 Å². The lowest BCUT2D eigenvalue weighted by molar-refractivity contribution is 0.286. The van der Waals surface area contributed by atoms with Crippen LogP contribution in [0.1, 0.15) is 57.2 Å². The molecule has 0 atom stereocenters. The number of nitrogen functional groups attached to an aromatic ring is 1. The first-order chi connectivity index (χ1) is 14.2. The van der Waals surface area contributed by atoms with Crippen molar-refractivity contribution in [3.63, 3.8) is 0 Å². The molecular weight excluding hydrogens is 382 g/mol. The van der Waals surface area contributed by atoms with E-state index in [1.807, 2.05) is 0 Å². The van der Waals surface area contributed by atoms with Crippen LogP contribution in [0.25, 0.3) is 0 Å². The second-order valence-electron chi connectivity index (χ2n) is 9.52. The molecule has 2 nitrogen and oxygen atoms in total. The van der Waals surface area contributed by atoms with Crippen LogP contribution in [0.3, 0.4) is 0 Å². The number of nitrogens with two attached hydrogens (primary N) is 1. The van der Waals surface area contributed by atoms with E-state index in [4.69, 9.17) is 10.2 Å². The molecule has 0 amide bonds. The Morgan fingerprint density at radius 1 is 0.867 bits per heavy atom. The van der Waals surface area contributed by atoms with E-state index < -0.39 is 8.32 Å². The highest BCUT2D eigenvalue weighted by Gasteiger charge is 2.50. The van der Waals surface area contributed by atoms with Crippen LogP contribution < -0.4 is 16.1 Å². The van der Waals surface area contributed by atoms with Crippen molar-refractivity contribution in [1.29, 1.82) is 0 Å². The van der Waals surface area contributed by atoms with Gasteiger partial charge in [0.15, 0.2) is 0 Å². The van der Waals surface area contributed by atoms with Crippen LogP contribution in [0.15, 0.2) is 72.8 Å². The van der Waals surface area contributed by atoms with Crippen molar-refractivity contribution in [2.75, 3.05) is 5.73 Å². The van der Waals surface area contributed by atoms with E-state index in [9.17, 15) is 0 Å². The molecule has 0 radical (unpaired) electrons. The minimum atomic E-state index is -2.54. The number of anilines is 1. The Bertz CT molecular complexity index is 935. The molecule has 0 saturated carbocycles. The number of benzene rings is 3. The van der Waals surface area contributed by atoms with Gasteiger partial charge in [0.2, 0.25) is 0 Å². The zero-order valence-electron chi connectivity index (χ0n) is 19.2. The smallest absolute Gasteiger partial charge is 0.261 e. The van der Waals surface area contributed by atoms with Gasteiger partial charge in [0.1, 0.15) is 0 Å². The van der Waals surface area contributed by atoms with Crippen molar-refractivity contribution < 1.29 is 4.43 Å². The van der Waals surface area contributed by atoms with Gasteiger partial charge in [-0.2, -0.15) is 0 Å². The third-order valence-electron chi connectivity index (χ3n) is 5.97. The second kappa shape index (κ2) is 8.79. The molecule has 0 aliphatic rings. The van der Waals surface area contributed by atoms with E-state index in [2.05, 4.69) is 114 Å². The van der Waals surface area contributed by atoms with Gasteiger partial charge in [-0.3, -0.25) is 0 Å². The van der Waals surface area contributed by atoms with Crippen LogP contribution in [0, 0.1) is 6.92 Å². The number of rotatable bonds is 6. The van der Waals surface area contributed by atoms with Crippen molar-refractivity contribution in [3.8, 4) is 0 Å². The fraction of sp³-hybridized carbons (Fsp3) is 0.333. The van der Waals surface area contributed by atoms with Crippen molar-refractivity contribution in [1.82, 2.24) is 0 Å². The molecule has 0 aliphatic heterocycles. The molecule has 0 spiro atoms. The van der Waals surface area contributed by atoms with Gasteiger partial charge in [-0.05, 0) is 44.9 Å². The minimum Gasteiger partial charge on any atom is -0.403 e. The van der Waals surface area contributed by atoms with Gasteiger partial charge in [-0.15, -0.1) is 0 Å². The van der Waals surface area contributed by atoms with E-state index >= 15 is 0 Å². The summed E-state index contributed by atoms with van der Waals surface area (Å²) in [5, 5.41) is 2.58. The van der Waals surface area contributed by atoms with Crippen LogP contribution in [-0.4, -0.2) is 8.32 Å². The predicted molar refractivity (Wildman–Crippen MR) is 132 cm³/mol. The van der Waals surface area contributed by atoms with E-state index in [0.717, 1.165) is 11.3 Å². The highest BCUT2D eigenvalue weighted by Crippen LogP contribution is 2.37. The quantitative estimate of drug-likeness (QED) is 0.408. The predicted octanol–water partition coefficient (Wildman–Crippen LogP) is 5.78. The summed E-state index contributed by atoms with van der Waals surface area (Å²) in [7, 11) is -2.54.